The third-order valence-corrected chi connectivity index (χ3v) is 8.42. The fourth-order valence-corrected chi connectivity index (χ4v) is 6.22. The van der Waals surface area contributed by atoms with Crippen LogP contribution in [-0.2, 0) is 20.2 Å². The van der Waals surface area contributed by atoms with E-state index in [9.17, 15) is 13.2 Å². The predicted octanol–water partition coefficient (Wildman–Crippen LogP) is 2.79. The Morgan fingerprint density at radius 2 is 1.76 bits per heavy atom. The molecule has 1 saturated heterocycles. The van der Waals surface area contributed by atoms with E-state index in [0.717, 1.165) is 49.3 Å². The summed E-state index contributed by atoms with van der Waals surface area (Å²) in [5.41, 5.74) is 1.82. The number of amides is 1. The second kappa shape index (κ2) is 7.06. The molecule has 0 bridgehead atoms. The molecule has 1 saturated carbocycles. The lowest BCUT2D eigenvalue weighted by Gasteiger charge is -2.30. The third kappa shape index (κ3) is 3.73. The lowest BCUT2D eigenvalue weighted by Crippen LogP contribution is -2.40. The molecule has 2 aliphatic heterocycles. The standard InChI is InChI=1S/C22H33N3O3S/c1-16-12-17(13-18-19(16)24(4)20(26)21(18,2)3)29(27,28)23-14-22(8-9-22)15-25-10-6-5-7-11-25/h12-13,23H,5-11,14-15H2,1-4H3. The Hall–Kier alpha value is -1.44. The first kappa shape index (κ1) is 20.8. The van der Waals surface area contributed by atoms with E-state index in [0.29, 0.717) is 6.54 Å². The number of likely N-dealkylation sites (N-methyl/N-ethyl adjacent to an activating group) is 1. The number of sulfonamides is 1. The molecule has 29 heavy (non-hydrogen) atoms. The SMILES string of the molecule is Cc1cc(S(=O)(=O)NCC2(CN3CCCCC3)CC2)cc2c1N(C)C(=O)C2(C)C. The van der Waals surface area contributed by atoms with E-state index < -0.39 is 15.4 Å². The number of aryl methyl sites for hydroxylation is 1. The number of rotatable bonds is 6. The van der Waals surface area contributed by atoms with Crippen molar-refractivity contribution in [2.45, 2.75) is 63.2 Å². The summed E-state index contributed by atoms with van der Waals surface area (Å²) >= 11 is 0. The maximum Gasteiger partial charge on any atom is 0.240 e. The molecule has 1 aromatic rings. The number of carbonyl (C=O) groups excluding carboxylic acids is 1. The topological polar surface area (TPSA) is 69.7 Å². The lowest BCUT2D eigenvalue weighted by molar-refractivity contribution is -0.121. The number of nitrogens with zero attached hydrogens (tertiary/aromatic N) is 2. The molecule has 2 heterocycles. The zero-order valence-corrected chi connectivity index (χ0v) is 18.9. The first-order valence-corrected chi connectivity index (χ1v) is 12.2. The summed E-state index contributed by atoms with van der Waals surface area (Å²) < 4.78 is 29.1. The molecule has 1 N–H and O–H groups in total. The van der Waals surface area contributed by atoms with Gasteiger partial charge in [0.05, 0.1) is 16.0 Å². The normalized spacial score (nSPS) is 23.3. The van der Waals surface area contributed by atoms with Crippen LogP contribution in [0.15, 0.2) is 17.0 Å². The fraction of sp³-hybridized carbons (Fsp3) is 0.682. The van der Waals surface area contributed by atoms with Crippen LogP contribution in [0.25, 0.3) is 0 Å². The molecule has 0 aromatic heterocycles. The predicted molar refractivity (Wildman–Crippen MR) is 115 cm³/mol. The number of piperidine rings is 1. The lowest BCUT2D eigenvalue weighted by atomic mass is 9.85. The van der Waals surface area contributed by atoms with Gasteiger partial charge in [0, 0.05) is 20.1 Å². The van der Waals surface area contributed by atoms with Crippen LogP contribution in [0.3, 0.4) is 0 Å². The van der Waals surface area contributed by atoms with Crippen molar-refractivity contribution >= 4 is 21.6 Å². The number of benzene rings is 1. The smallest absolute Gasteiger partial charge is 0.240 e. The molecule has 3 aliphatic rings. The number of nitrogens with one attached hydrogen (secondary N) is 1. The number of likely N-dealkylation sites (tertiary alicyclic amines) is 1. The number of carbonyl (C=O) groups is 1. The van der Waals surface area contributed by atoms with Gasteiger partial charge >= 0.3 is 0 Å². The highest BCUT2D eigenvalue weighted by atomic mass is 32.2. The molecular formula is C22H33N3O3S. The van der Waals surface area contributed by atoms with E-state index in [1.807, 2.05) is 20.8 Å². The van der Waals surface area contributed by atoms with Crippen LogP contribution in [-0.4, -0.2) is 52.5 Å². The summed E-state index contributed by atoms with van der Waals surface area (Å²) in [6.07, 6.45) is 5.98. The van der Waals surface area contributed by atoms with Crippen molar-refractivity contribution in [3.63, 3.8) is 0 Å². The molecule has 1 amide bonds. The van der Waals surface area contributed by atoms with E-state index in [4.69, 9.17) is 0 Å². The monoisotopic (exact) mass is 419 g/mol. The molecule has 4 rings (SSSR count). The minimum absolute atomic E-state index is 0.00317. The summed E-state index contributed by atoms with van der Waals surface area (Å²) in [6.45, 7) is 9.35. The van der Waals surface area contributed by atoms with E-state index in [2.05, 4.69) is 9.62 Å². The van der Waals surface area contributed by atoms with Crippen molar-refractivity contribution in [1.29, 1.82) is 0 Å². The summed E-state index contributed by atoms with van der Waals surface area (Å²) in [5, 5.41) is 0. The number of fused-ring (bicyclic) bond motifs is 1. The molecule has 0 radical (unpaired) electrons. The van der Waals surface area contributed by atoms with Gasteiger partial charge in [-0.15, -0.1) is 0 Å². The average molecular weight is 420 g/mol. The van der Waals surface area contributed by atoms with Gasteiger partial charge in [0.25, 0.3) is 0 Å². The zero-order chi connectivity index (χ0) is 21.0. The highest BCUT2D eigenvalue weighted by Crippen LogP contribution is 2.47. The summed E-state index contributed by atoms with van der Waals surface area (Å²) in [4.78, 5) is 17.0. The van der Waals surface area contributed by atoms with Gasteiger partial charge < -0.3 is 9.80 Å². The van der Waals surface area contributed by atoms with Crippen molar-refractivity contribution in [3.05, 3.63) is 23.3 Å². The number of hydrogen-bond donors (Lipinski definition) is 1. The van der Waals surface area contributed by atoms with Crippen molar-refractivity contribution in [2.75, 3.05) is 38.1 Å². The van der Waals surface area contributed by atoms with Crippen LogP contribution in [0.4, 0.5) is 5.69 Å². The quantitative estimate of drug-likeness (QED) is 0.770. The molecule has 0 unspecified atom stereocenters. The van der Waals surface area contributed by atoms with Gasteiger partial charge in [-0.2, -0.15) is 0 Å². The highest BCUT2D eigenvalue weighted by Gasteiger charge is 2.46. The molecular weight excluding hydrogens is 386 g/mol. The van der Waals surface area contributed by atoms with Crippen molar-refractivity contribution in [2.24, 2.45) is 5.41 Å². The Kier molecular flexibility index (Phi) is 5.07. The van der Waals surface area contributed by atoms with E-state index in [1.165, 1.54) is 19.3 Å². The van der Waals surface area contributed by atoms with Crippen LogP contribution < -0.4 is 9.62 Å². The Bertz CT molecular complexity index is 929. The van der Waals surface area contributed by atoms with Crippen LogP contribution in [0, 0.1) is 12.3 Å². The Morgan fingerprint density at radius 1 is 1.10 bits per heavy atom. The number of anilines is 1. The summed E-state index contributed by atoms with van der Waals surface area (Å²) in [6, 6.07) is 3.38. The van der Waals surface area contributed by atoms with Gasteiger partial charge in [0.15, 0.2) is 0 Å². The second-order valence-electron chi connectivity index (χ2n) is 9.79. The maximum atomic E-state index is 13.1. The van der Waals surface area contributed by atoms with Gasteiger partial charge in [-0.3, -0.25) is 4.79 Å². The second-order valence-corrected chi connectivity index (χ2v) is 11.6. The molecule has 1 aromatic carbocycles. The third-order valence-electron chi connectivity index (χ3n) is 7.03. The van der Waals surface area contributed by atoms with Crippen LogP contribution in [0.5, 0.6) is 0 Å². The molecule has 6 nitrogen and oxygen atoms in total. The van der Waals surface area contributed by atoms with E-state index >= 15 is 0 Å². The Balaban J connectivity index is 1.52. The van der Waals surface area contributed by atoms with Crippen LogP contribution in [0.1, 0.15) is 57.1 Å². The summed E-state index contributed by atoms with van der Waals surface area (Å²) in [5.74, 6) is -0.00317. The van der Waals surface area contributed by atoms with Crippen molar-refractivity contribution < 1.29 is 13.2 Å². The first-order valence-electron chi connectivity index (χ1n) is 10.7. The van der Waals surface area contributed by atoms with Gasteiger partial charge in [0.2, 0.25) is 15.9 Å². The fourth-order valence-electron chi connectivity index (χ4n) is 4.95. The van der Waals surface area contributed by atoms with Crippen molar-refractivity contribution in [1.82, 2.24) is 9.62 Å². The number of hydrogen-bond acceptors (Lipinski definition) is 4. The zero-order valence-electron chi connectivity index (χ0n) is 18.0. The molecule has 0 atom stereocenters. The van der Waals surface area contributed by atoms with Crippen LogP contribution >= 0.6 is 0 Å². The van der Waals surface area contributed by atoms with E-state index in [1.54, 1.807) is 24.1 Å². The van der Waals surface area contributed by atoms with E-state index in [-0.39, 0.29) is 16.2 Å². The molecule has 0 spiro atoms. The van der Waals surface area contributed by atoms with Crippen molar-refractivity contribution in [3.8, 4) is 0 Å². The first-order chi connectivity index (χ1) is 13.6. The van der Waals surface area contributed by atoms with Gasteiger partial charge in [-0.05, 0) is 88.2 Å². The van der Waals surface area contributed by atoms with Crippen LogP contribution in [0.2, 0.25) is 0 Å². The maximum absolute atomic E-state index is 13.1. The highest BCUT2D eigenvalue weighted by molar-refractivity contribution is 7.89. The minimum Gasteiger partial charge on any atom is -0.314 e. The van der Waals surface area contributed by atoms with Gasteiger partial charge in [-0.1, -0.05) is 6.42 Å². The summed E-state index contributed by atoms with van der Waals surface area (Å²) in [7, 11) is -1.87. The molecule has 1 aliphatic carbocycles. The van der Waals surface area contributed by atoms with Gasteiger partial charge in [-0.25, -0.2) is 13.1 Å². The minimum atomic E-state index is -3.62. The average Bonchev–Trinajstić information content (AvgIpc) is 3.41. The molecule has 2 fully saturated rings. The molecule has 160 valence electrons. The Labute approximate surface area is 174 Å². The molecule has 7 heteroatoms. The largest absolute Gasteiger partial charge is 0.314 e. The Morgan fingerprint density at radius 3 is 2.38 bits per heavy atom. The van der Waals surface area contributed by atoms with Gasteiger partial charge in [0.1, 0.15) is 0 Å².